The lowest BCUT2D eigenvalue weighted by Crippen LogP contribution is -2.14. The Kier molecular flexibility index (Phi) is 7.42. The monoisotopic (exact) mass is 418 g/mol. The zero-order valence-electron chi connectivity index (χ0n) is 16.8. The third-order valence-corrected chi connectivity index (χ3v) is 5.01. The van der Waals surface area contributed by atoms with E-state index in [9.17, 15) is 9.90 Å². The van der Waals surface area contributed by atoms with Crippen LogP contribution in [0.3, 0.4) is 0 Å². The van der Waals surface area contributed by atoms with Crippen LogP contribution in [-0.4, -0.2) is 24.3 Å². The number of rotatable bonds is 6. The molecule has 5 heteroatoms. The molecule has 3 aromatic carbocycles. The maximum Gasteiger partial charge on any atom is 0.344 e. The topological polar surface area (TPSA) is 55.8 Å². The average molecular weight is 419 g/mol. The van der Waals surface area contributed by atoms with Crippen LogP contribution in [-0.2, 0) is 9.53 Å². The van der Waals surface area contributed by atoms with E-state index in [-0.39, 0.29) is 18.3 Å². The molecule has 0 bridgehead atoms. The molecule has 3 aromatic rings. The predicted molar refractivity (Wildman–Crippen MR) is 118 cm³/mol. The van der Waals surface area contributed by atoms with Crippen LogP contribution in [0, 0.1) is 18.8 Å². The number of esters is 1. The first-order valence-corrected chi connectivity index (χ1v) is 10.3. The lowest BCUT2D eigenvalue weighted by molar-refractivity contribution is -0.145. The van der Waals surface area contributed by atoms with Gasteiger partial charge in [0.25, 0.3) is 0 Å². The first-order valence-electron chi connectivity index (χ1n) is 9.51. The van der Waals surface area contributed by atoms with E-state index in [1.165, 1.54) is 11.8 Å². The van der Waals surface area contributed by atoms with Crippen molar-refractivity contribution in [2.75, 3.05) is 13.2 Å². The fourth-order valence-electron chi connectivity index (χ4n) is 2.70. The van der Waals surface area contributed by atoms with E-state index in [1.807, 2.05) is 61.5 Å². The molecule has 152 valence electrons. The molecule has 0 aliphatic heterocycles. The fraction of sp³-hybridized carbons (Fsp3) is 0.160. The van der Waals surface area contributed by atoms with Gasteiger partial charge in [-0.2, -0.15) is 0 Å². The van der Waals surface area contributed by atoms with Gasteiger partial charge in [-0.15, -0.1) is 0 Å². The molecule has 30 heavy (non-hydrogen) atoms. The van der Waals surface area contributed by atoms with Crippen molar-refractivity contribution in [1.29, 1.82) is 0 Å². The fourth-order valence-corrected chi connectivity index (χ4v) is 3.71. The van der Waals surface area contributed by atoms with Crippen LogP contribution >= 0.6 is 11.8 Å². The summed E-state index contributed by atoms with van der Waals surface area (Å²) >= 11 is 1.52. The first kappa shape index (κ1) is 21.4. The predicted octanol–water partition coefficient (Wildman–Crippen LogP) is 5.19. The van der Waals surface area contributed by atoms with Crippen molar-refractivity contribution in [2.24, 2.45) is 0 Å². The van der Waals surface area contributed by atoms with Crippen molar-refractivity contribution in [2.45, 2.75) is 23.6 Å². The van der Waals surface area contributed by atoms with Crippen LogP contribution in [0.5, 0.6) is 11.5 Å². The first-order chi connectivity index (χ1) is 14.5. The molecule has 0 atom stereocenters. The van der Waals surface area contributed by atoms with E-state index in [1.54, 1.807) is 19.1 Å². The summed E-state index contributed by atoms with van der Waals surface area (Å²) in [5, 5.41) is 10.1. The largest absolute Gasteiger partial charge is 0.508 e. The molecule has 0 aliphatic carbocycles. The maximum absolute atomic E-state index is 11.5. The van der Waals surface area contributed by atoms with Gasteiger partial charge in [0, 0.05) is 20.9 Å². The number of phenolic OH excluding ortho intramolecular Hbond substituents is 1. The van der Waals surface area contributed by atoms with Crippen molar-refractivity contribution in [1.82, 2.24) is 0 Å². The second kappa shape index (κ2) is 10.4. The molecule has 0 heterocycles. The van der Waals surface area contributed by atoms with Crippen LogP contribution in [0.4, 0.5) is 0 Å². The maximum atomic E-state index is 11.5. The molecule has 3 rings (SSSR count). The Morgan fingerprint density at radius 1 is 0.967 bits per heavy atom. The van der Waals surface area contributed by atoms with Gasteiger partial charge in [0.15, 0.2) is 6.61 Å². The normalized spacial score (nSPS) is 10.1. The van der Waals surface area contributed by atoms with Gasteiger partial charge in [0.1, 0.15) is 11.5 Å². The molecule has 0 radical (unpaired) electrons. The number of phenols is 1. The smallest absolute Gasteiger partial charge is 0.344 e. The van der Waals surface area contributed by atoms with Crippen molar-refractivity contribution < 1.29 is 19.4 Å². The zero-order chi connectivity index (χ0) is 21.3. The van der Waals surface area contributed by atoms with Crippen molar-refractivity contribution in [3.05, 3.63) is 83.4 Å². The molecule has 0 saturated carbocycles. The van der Waals surface area contributed by atoms with E-state index in [2.05, 4.69) is 11.8 Å². The lowest BCUT2D eigenvalue weighted by Gasteiger charge is -2.10. The molecule has 0 aliphatic rings. The molecule has 0 spiro atoms. The van der Waals surface area contributed by atoms with Crippen LogP contribution in [0.25, 0.3) is 0 Å². The van der Waals surface area contributed by atoms with E-state index >= 15 is 0 Å². The quantitative estimate of drug-likeness (QED) is 0.441. The summed E-state index contributed by atoms with van der Waals surface area (Å²) in [6, 6.07) is 20.7. The Bertz CT molecular complexity index is 1080. The highest BCUT2D eigenvalue weighted by molar-refractivity contribution is 7.99. The minimum Gasteiger partial charge on any atom is -0.508 e. The van der Waals surface area contributed by atoms with Gasteiger partial charge in [0.05, 0.1) is 6.61 Å². The standard InChI is InChI=1S/C25H22O4S/c1-3-28-25(27)17-29-24-12-11-22(13-18(24)2)30-23-15-20(14-21(26)16-23)10-9-19-7-5-4-6-8-19/h4-8,11-16,26H,3,17H2,1-2H3. The number of aromatic hydroxyl groups is 1. The van der Waals surface area contributed by atoms with Crippen LogP contribution < -0.4 is 4.74 Å². The summed E-state index contributed by atoms with van der Waals surface area (Å²) in [5.41, 5.74) is 2.57. The number of benzene rings is 3. The van der Waals surface area contributed by atoms with Gasteiger partial charge in [-0.05, 0) is 67.9 Å². The van der Waals surface area contributed by atoms with Crippen molar-refractivity contribution in [3.8, 4) is 23.3 Å². The summed E-state index contributed by atoms with van der Waals surface area (Å²) in [6.45, 7) is 3.90. The molecule has 1 N–H and O–H groups in total. The van der Waals surface area contributed by atoms with Gasteiger partial charge in [-0.1, -0.05) is 41.8 Å². The van der Waals surface area contributed by atoms with Crippen molar-refractivity contribution >= 4 is 17.7 Å². The Balaban J connectivity index is 1.72. The van der Waals surface area contributed by atoms with Crippen molar-refractivity contribution in [3.63, 3.8) is 0 Å². The molecule has 0 fully saturated rings. The summed E-state index contributed by atoms with van der Waals surface area (Å²) in [7, 11) is 0. The van der Waals surface area contributed by atoms with Crippen LogP contribution in [0.1, 0.15) is 23.6 Å². The molecule has 0 aromatic heterocycles. The Morgan fingerprint density at radius 2 is 1.73 bits per heavy atom. The minimum absolute atomic E-state index is 0.114. The van der Waals surface area contributed by atoms with E-state index < -0.39 is 0 Å². The Labute approximate surface area is 180 Å². The zero-order valence-corrected chi connectivity index (χ0v) is 17.7. The third-order valence-electron chi connectivity index (χ3n) is 4.05. The molecule has 0 saturated heterocycles. The van der Waals surface area contributed by atoms with E-state index in [0.29, 0.717) is 12.4 Å². The van der Waals surface area contributed by atoms with Crippen LogP contribution in [0.2, 0.25) is 0 Å². The molecule has 4 nitrogen and oxygen atoms in total. The molecular weight excluding hydrogens is 396 g/mol. The molecule has 0 unspecified atom stereocenters. The second-order valence-corrected chi connectivity index (χ2v) is 7.60. The Hall–Kier alpha value is -3.36. The van der Waals surface area contributed by atoms with Gasteiger partial charge >= 0.3 is 5.97 Å². The summed E-state index contributed by atoms with van der Waals surface area (Å²) < 4.78 is 10.4. The van der Waals surface area contributed by atoms with Gasteiger partial charge in [-0.3, -0.25) is 0 Å². The van der Waals surface area contributed by atoms with Gasteiger partial charge < -0.3 is 14.6 Å². The summed E-state index contributed by atoms with van der Waals surface area (Å²) in [4.78, 5) is 13.3. The molecular formula is C25H22O4S. The SMILES string of the molecule is CCOC(=O)COc1ccc(Sc2cc(O)cc(C#Cc3ccccc3)c2)cc1C. The third kappa shape index (κ3) is 6.33. The van der Waals surface area contributed by atoms with Crippen LogP contribution in [0.15, 0.2) is 76.5 Å². The van der Waals surface area contributed by atoms with E-state index in [4.69, 9.17) is 9.47 Å². The number of ether oxygens (including phenoxy) is 2. The van der Waals surface area contributed by atoms with E-state index in [0.717, 1.165) is 26.5 Å². The molecule has 0 amide bonds. The number of aryl methyl sites for hydroxylation is 1. The highest BCUT2D eigenvalue weighted by Gasteiger charge is 2.08. The van der Waals surface area contributed by atoms with Gasteiger partial charge in [-0.25, -0.2) is 4.79 Å². The summed E-state index contributed by atoms with van der Waals surface area (Å²) in [5.74, 6) is 6.62. The lowest BCUT2D eigenvalue weighted by atomic mass is 10.2. The number of carbonyl (C=O) groups excluding carboxylic acids is 1. The highest BCUT2D eigenvalue weighted by Crippen LogP contribution is 2.33. The van der Waals surface area contributed by atoms with Gasteiger partial charge in [0.2, 0.25) is 0 Å². The number of hydrogen-bond donors (Lipinski definition) is 1. The Morgan fingerprint density at radius 3 is 2.47 bits per heavy atom. The number of hydrogen-bond acceptors (Lipinski definition) is 5. The highest BCUT2D eigenvalue weighted by atomic mass is 32.2. The number of carbonyl (C=O) groups is 1. The summed E-state index contributed by atoms with van der Waals surface area (Å²) in [6.07, 6.45) is 0. The minimum atomic E-state index is -0.390. The average Bonchev–Trinajstić information content (AvgIpc) is 2.72. The second-order valence-electron chi connectivity index (χ2n) is 6.45.